The van der Waals surface area contributed by atoms with Crippen molar-refractivity contribution < 1.29 is 0 Å². The van der Waals surface area contributed by atoms with E-state index in [1.807, 2.05) is 6.92 Å². The molecule has 1 heterocycles. The second-order valence-corrected chi connectivity index (χ2v) is 4.60. The summed E-state index contributed by atoms with van der Waals surface area (Å²) in [6.45, 7) is 2.35. The Balaban J connectivity index is 2.53. The van der Waals surface area contributed by atoms with Crippen molar-refractivity contribution in [1.29, 1.82) is 0 Å². The average molecular weight is 237 g/mol. The largest absolute Gasteiger partial charge is 0.385 e. The molecule has 0 bridgehead atoms. The van der Waals surface area contributed by atoms with Gasteiger partial charge in [-0.2, -0.15) is 0 Å². The molecule has 1 aliphatic rings. The topological polar surface area (TPSA) is 70.0 Å². The van der Waals surface area contributed by atoms with E-state index in [9.17, 15) is 9.59 Å². The lowest BCUT2D eigenvalue weighted by Crippen LogP contribution is -2.43. The number of hydrogen-bond donors (Lipinski definition) is 1. The summed E-state index contributed by atoms with van der Waals surface area (Å²) in [6, 6.07) is 1.42. The van der Waals surface area contributed by atoms with Gasteiger partial charge in [-0.3, -0.25) is 13.9 Å². The van der Waals surface area contributed by atoms with Crippen molar-refractivity contribution >= 4 is 5.82 Å². The third-order valence-corrected chi connectivity index (χ3v) is 3.51. The molecule has 0 radical (unpaired) electrons. The van der Waals surface area contributed by atoms with Gasteiger partial charge in [0.15, 0.2) is 0 Å². The van der Waals surface area contributed by atoms with E-state index < -0.39 is 0 Å². The Kier molecular flexibility index (Phi) is 3.36. The molecule has 1 fully saturated rings. The molecule has 0 saturated heterocycles. The number of hydrogen-bond acceptors (Lipinski definition) is 3. The molecule has 2 rings (SSSR count). The van der Waals surface area contributed by atoms with Crippen LogP contribution in [-0.4, -0.2) is 9.13 Å². The fourth-order valence-electron chi connectivity index (χ4n) is 2.60. The molecule has 0 atom stereocenters. The van der Waals surface area contributed by atoms with Gasteiger partial charge in [-0.25, -0.2) is 4.79 Å². The molecule has 5 nitrogen and oxygen atoms in total. The molecule has 0 amide bonds. The molecule has 17 heavy (non-hydrogen) atoms. The van der Waals surface area contributed by atoms with Gasteiger partial charge in [0.2, 0.25) is 0 Å². The van der Waals surface area contributed by atoms with Crippen molar-refractivity contribution in [2.75, 3.05) is 5.73 Å². The van der Waals surface area contributed by atoms with E-state index in [0.717, 1.165) is 25.7 Å². The van der Waals surface area contributed by atoms with Crippen LogP contribution < -0.4 is 17.0 Å². The third kappa shape index (κ3) is 2.14. The number of anilines is 1. The SMILES string of the molecule is CCn1c(N)cc(=O)n(C2CCCCC2)c1=O. The van der Waals surface area contributed by atoms with Crippen molar-refractivity contribution in [3.05, 3.63) is 26.9 Å². The summed E-state index contributed by atoms with van der Waals surface area (Å²) in [4.78, 5) is 24.1. The predicted molar refractivity (Wildman–Crippen MR) is 67.2 cm³/mol. The second kappa shape index (κ2) is 4.77. The highest BCUT2D eigenvalue weighted by atomic mass is 16.2. The van der Waals surface area contributed by atoms with Gasteiger partial charge in [-0.15, -0.1) is 0 Å². The molecular weight excluding hydrogens is 218 g/mol. The molecule has 1 aromatic heterocycles. The van der Waals surface area contributed by atoms with E-state index in [-0.39, 0.29) is 23.1 Å². The van der Waals surface area contributed by atoms with Gasteiger partial charge in [-0.05, 0) is 19.8 Å². The van der Waals surface area contributed by atoms with Gasteiger partial charge in [-0.1, -0.05) is 19.3 Å². The predicted octanol–water partition coefficient (Wildman–Crippen LogP) is 1.12. The quantitative estimate of drug-likeness (QED) is 0.837. The van der Waals surface area contributed by atoms with Crippen LogP contribution in [0.1, 0.15) is 45.1 Å². The van der Waals surface area contributed by atoms with Crippen molar-refractivity contribution in [1.82, 2.24) is 9.13 Å². The molecule has 0 unspecified atom stereocenters. The minimum atomic E-state index is -0.260. The Morgan fingerprint density at radius 3 is 2.53 bits per heavy atom. The Morgan fingerprint density at radius 2 is 1.94 bits per heavy atom. The van der Waals surface area contributed by atoms with Gasteiger partial charge in [0.05, 0.1) is 0 Å². The monoisotopic (exact) mass is 237 g/mol. The van der Waals surface area contributed by atoms with Crippen LogP contribution in [0.3, 0.4) is 0 Å². The zero-order chi connectivity index (χ0) is 12.4. The molecule has 2 N–H and O–H groups in total. The molecule has 0 aliphatic heterocycles. The van der Waals surface area contributed by atoms with Crippen LogP contribution in [0.2, 0.25) is 0 Å². The Hall–Kier alpha value is -1.52. The van der Waals surface area contributed by atoms with E-state index in [1.54, 1.807) is 0 Å². The van der Waals surface area contributed by atoms with E-state index in [0.29, 0.717) is 6.54 Å². The molecule has 0 aromatic carbocycles. The van der Waals surface area contributed by atoms with Gasteiger partial charge in [0, 0.05) is 18.7 Å². The number of nitrogen functional groups attached to an aromatic ring is 1. The first-order valence-electron chi connectivity index (χ1n) is 6.27. The third-order valence-electron chi connectivity index (χ3n) is 3.51. The van der Waals surface area contributed by atoms with Crippen LogP contribution in [0, 0.1) is 0 Å². The maximum Gasteiger partial charge on any atom is 0.332 e. The summed E-state index contributed by atoms with van der Waals surface area (Å²) in [5.74, 6) is 0.259. The first-order valence-corrected chi connectivity index (χ1v) is 6.27. The fourth-order valence-corrected chi connectivity index (χ4v) is 2.60. The highest BCUT2D eigenvalue weighted by Crippen LogP contribution is 2.25. The van der Waals surface area contributed by atoms with E-state index in [1.165, 1.54) is 21.6 Å². The minimum absolute atomic E-state index is 0.0575. The molecule has 94 valence electrons. The highest BCUT2D eigenvalue weighted by molar-refractivity contribution is 5.26. The summed E-state index contributed by atoms with van der Waals surface area (Å²) in [6.07, 6.45) is 5.22. The lowest BCUT2D eigenvalue weighted by molar-refractivity contribution is 0.330. The Bertz CT molecular complexity index is 509. The van der Waals surface area contributed by atoms with Crippen molar-refractivity contribution in [3.63, 3.8) is 0 Å². The highest BCUT2D eigenvalue weighted by Gasteiger charge is 2.20. The van der Waals surface area contributed by atoms with Crippen molar-refractivity contribution in [2.45, 2.75) is 51.6 Å². The van der Waals surface area contributed by atoms with E-state index in [4.69, 9.17) is 5.73 Å². The number of aromatic nitrogens is 2. The maximum absolute atomic E-state index is 12.2. The number of rotatable bonds is 2. The molecule has 1 saturated carbocycles. The van der Waals surface area contributed by atoms with Crippen molar-refractivity contribution in [3.8, 4) is 0 Å². The van der Waals surface area contributed by atoms with E-state index >= 15 is 0 Å². The van der Waals surface area contributed by atoms with E-state index in [2.05, 4.69) is 0 Å². The normalized spacial score (nSPS) is 17.2. The van der Waals surface area contributed by atoms with Crippen LogP contribution in [0.5, 0.6) is 0 Å². The van der Waals surface area contributed by atoms with Gasteiger partial charge in [0.1, 0.15) is 5.82 Å². The zero-order valence-electron chi connectivity index (χ0n) is 10.2. The average Bonchev–Trinajstić information content (AvgIpc) is 2.30. The molecule has 0 spiro atoms. The van der Waals surface area contributed by atoms with Crippen LogP contribution in [0.15, 0.2) is 15.7 Å². The van der Waals surface area contributed by atoms with Gasteiger partial charge >= 0.3 is 5.69 Å². The lowest BCUT2D eigenvalue weighted by Gasteiger charge is -2.24. The summed E-state index contributed by atoms with van der Waals surface area (Å²) >= 11 is 0. The van der Waals surface area contributed by atoms with Crippen LogP contribution in [0.25, 0.3) is 0 Å². The van der Waals surface area contributed by atoms with Crippen LogP contribution in [0.4, 0.5) is 5.82 Å². The molecule has 1 aliphatic carbocycles. The minimum Gasteiger partial charge on any atom is -0.385 e. The van der Waals surface area contributed by atoms with Crippen molar-refractivity contribution in [2.24, 2.45) is 0 Å². The zero-order valence-corrected chi connectivity index (χ0v) is 10.2. The maximum atomic E-state index is 12.2. The smallest absolute Gasteiger partial charge is 0.332 e. The first-order chi connectivity index (χ1) is 8.15. The van der Waals surface area contributed by atoms with Crippen LogP contribution in [-0.2, 0) is 6.54 Å². The Morgan fingerprint density at radius 1 is 1.29 bits per heavy atom. The Labute approximate surface area is 99.9 Å². The summed E-state index contributed by atoms with van der Waals surface area (Å²) in [7, 11) is 0. The lowest BCUT2D eigenvalue weighted by atomic mass is 9.95. The number of nitrogens with zero attached hydrogens (tertiary/aromatic N) is 2. The second-order valence-electron chi connectivity index (χ2n) is 4.60. The molecule has 1 aromatic rings. The standard InChI is InChI=1S/C12H19N3O2/c1-2-14-10(13)8-11(16)15(12(14)17)9-6-4-3-5-7-9/h8-9H,2-7,13H2,1H3. The van der Waals surface area contributed by atoms with Crippen LogP contribution >= 0.6 is 0 Å². The van der Waals surface area contributed by atoms with Gasteiger partial charge < -0.3 is 5.73 Å². The molecular formula is C12H19N3O2. The first kappa shape index (κ1) is 12.0. The summed E-state index contributed by atoms with van der Waals surface area (Å²) < 4.78 is 2.84. The summed E-state index contributed by atoms with van der Waals surface area (Å²) in [5.41, 5.74) is 5.16. The summed E-state index contributed by atoms with van der Waals surface area (Å²) in [5, 5.41) is 0. The number of nitrogens with two attached hydrogens (primary N) is 1. The molecule has 5 heteroatoms. The fraction of sp³-hybridized carbons (Fsp3) is 0.667. The van der Waals surface area contributed by atoms with Gasteiger partial charge in [0.25, 0.3) is 5.56 Å².